The Hall–Kier alpha value is -1.63. The molecule has 0 atom stereocenters. The lowest BCUT2D eigenvalue weighted by atomic mass is 9.75. The Balaban J connectivity index is 1.90. The first-order chi connectivity index (χ1) is 10.1. The highest BCUT2D eigenvalue weighted by molar-refractivity contribution is 7.09. The van der Waals surface area contributed by atoms with Crippen LogP contribution in [0.15, 0.2) is 11.7 Å². The van der Waals surface area contributed by atoms with Gasteiger partial charge < -0.3 is 15.7 Å². The second kappa shape index (κ2) is 6.89. The molecule has 0 bridgehead atoms. The number of nitrogens with one attached hydrogen (secondary N) is 2. The standard InChI is InChI=1S/C14H21N3O3S/c1-2-10-3-5-14(6-4-10,12(18)19)17-13(20)16-8-11-7-15-9-21-11/h7,9-10H,2-6,8H2,1H3,(H,18,19)(H2,16,17,20). The van der Waals surface area contributed by atoms with Crippen molar-refractivity contribution in [1.29, 1.82) is 0 Å². The van der Waals surface area contributed by atoms with Gasteiger partial charge in [0, 0.05) is 11.1 Å². The summed E-state index contributed by atoms with van der Waals surface area (Å²) in [5.74, 6) is -0.371. The van der Waals surface area contributed by atoms with E-state index in [-0.39, 0.29) is 0 Å². The third-order valence-electron chi connectivity index (χ3n) is 4.20. The highest BCUT2D eigenvalue weighted by atomic mass is 32.1. The molecule has 3 N–H and O–H groups in total. The molecule has 7 heteroatoms. The van der Waals surface area contributed by atoms with Gasteiger partial charge in [-0.2, -0.15) is 0 Å². The minimum Gasteiger partial charge on any atom is -0.480 e. The Bertz CT molecular complexity index is 482. The summed E-state index contributed by atoms with van der Waals surface area (Å²) in [6.07, 6.45) is 5.43. The molecule has 1 fully saturated rings. The average Bonchev–Trinajstić information content (AvgIpc) is 2.99. The van der Waals surface area contributed by atoms with Crippen molar-refractivity contribution in [2.75, 3.05) is 0 Å². The maximum atomic E-state index is 12.0. The van der Waals surface area contributed by atoms with Crippen molar-refractivity contribution in [2.24, 2.45) is 5.92 Å². The number of rotatable bonds is 5. The van der Waals surface area contributed by atoms with Crippen LogP contribution in [-0.2, 0) is 11.3 Å². The van der Waals surface area contributed by atoms with E-state index in [0.717, 1.165) is 24.1 Å². The van der Waals surface area contributed by atoms with Crippen LogP contribution in [0.25, 0.3) is 0 Å². The minimum atomic E-state index is -1.12. The Kier molecular flexibility index (Phi) is 5.17. The van der Waals surface area contributed by atoms with E-state index < -0.39 is 17.5 Å². The van der Waals surface area contributed by atoms with Crippen LogP contribution in [0.5, 0.6) is 0 Å². The topological polar surface area (TPSA) is 91.3 Å². The van der Waals surface area contributed by atoms with Crippen LogP contribution in [0.1, 0.15) is 43.9 Å². The average molecular weight is 311 g/mol. The number of hydrogen-bond donors (Lipinski definition) is 3. The number of aromatic nitrogens is 1. The molecular weight excluding hydrogens is 290 g/mol. The summed E-state index contributed by atoms with van der Waals surface area (Å²) in [5.41, 5.74) is 0.573. The second-order valence-electron chi connectivity index (χ2n) is 5.51. The number of amides is 2. The lowest BCUT2D eigenvalue weighted by Gasteiger charge is -2.37. The van der Waals surface area contributed by atoms with E-state index in [4.69, 9.17) is 0 Å². The number of carbonyl (C=O) groups is 2. The monoisotopic (exact) mass is 311 g/mol. The molecule has 116 valence electrons. The summed E-state index contributed by atoms with van der Waals surface area (Å²) in [7, 11) is 0. The molecule has 6 nitrogen and oxygen atoms in total. The summed E-state index contributed by atoms with van der Waals surface area (Å²) < 4.78 is 0. The number of aliphatic carboxylic acids is 1. The number of thiazole rings is 1. The van der Waals surface area contributed by atoms with Gasteiger partial charge in [0.25, 0.3) is 0 Å². The Morgan fingerprint density at radius 2 is 2.19 bits per heavy atom. The van der Waals surface area contributed by atoms with Gasteiger partial charge in [0.2, 0.25) is 0 Å². The third-order valence-corrected chi connectivity index (χ3v) is 4.98. The Morgan fingerprint density at radius 3 is 2.71 bits per heavy atom. The third kappa shape index (κ3) is 3.93. The molecule has 1 aliphatic rings. The maximum absolute atomic E-state index is 12.0. The van der Waals surface area contributed by atoms with Gasteiger partial charge in [-0.3, -0.25) is 4.98 Å². The number of carboxylic acid groups (broad SMARTS) is 1. The SMILES string of the molecule is CCC1CCC(NC(=O)NCc2cncs2)(C(=O)O)CC1. The zero-order valence-corrected chi connectivity index (χ0v) is 12.9. The Labute approximate surface area is 128 Å². The molecule has 0 aromatic carbocycles. The number of hydrogen-bond acceptors (Lipinski definition) is 4. The molecule has 0 radical (unpaired) electrons. The molecule has 0 unspecified atom stereocenters. The summed E-state index contributed by atoms with van der Waals surface area (Å²) in [4.78, 5) is 28.4. The number of nitrogens with zero attached hydrogens (tertiary/aromatic N) is 1. The zero-order valence-electron chi connectivity index (χ0n) is 12.1. The van der Waals surface area contributed by atoms with Crippen LogP contribution in [0.2, 0.25) is 0 Å². The van der Waals surface area contributed by atoms with Crippen LogP contribution in [0.4, 0.5) is 4.79 Å². The van der Waals surface area contributed by atoms with E-state index in [1.165, 1.54) is 11.3 Å². The van der Waals surface area contributed by atoms with Crippen molar-refractivity contribution in [1.82, 2.24) is 15.6 Å². The molecule has 1 aromatic rings. The van der Waals surface area contributed by atoms with Gasteiger partial charge in [0.1, 0.15) is 5.54 Å². The predicted octanol–water partition coefficient (Wildman–Crippen LogP) is 2.37. The van der Waals surface area contributed by atoms with Gasteiger partial charge in [-0.25, -0.2) is 9.59 Å². The lowest BCUT2D eigenvalue weighted by Crippen LogP contribution is -2.58. The minimum absolute atomic E-state index is 0.365. The highest BCUT2D eigenvalue weighted by Crippen LogP contribution is 2.33. The fraction of sp³-hybridized carbons (Fsp3) is 0.643. The summed E-state index contributed by atoms with van der Waals surface area (Å²) in [5, 5.41) is 14.9. The number of carbonyl (C=O) groups excluding carboxylic acids is 1. The zero-order chi connectivity index (χ0) is 15.3. The molecule has 2 amide bonds. The highest BCUT2D eigenvalue weighted by Gasteiger charge is 2.42. The molecule has 2 rings (SSSR count). The number of urea groups is 1. The largest absolute Gasteiger partial charge is 0.480 e. The molecule has 1 aromatic heterocycles. The maximum Gasteiger partial charge on any atom is 0.329 e. The van der Waals surface area contributed by atoms with Gasteiger partial charge >= 0.3 is 12.0 Å². The molecule has 1 aliphatic carbocycles. The van der Waals surface area contributed by atoms with Crippen molar-refractivity contribution < 1.29 is 14.7 Å². The van der Waals surface area contributed by atoms with Crippen molar-refractivity contribution in [3.8, 4) is 0 Å². The normalized spacial score (nSPS) is 25.3. The molecule has 21 heavy (non-hydrogen) atoms. The summed E-state index contributed by atoms with van der Waals surface area (Å²) >= 11 is 1.45. The molecule has 0 aliphatic heterocycles. The quantitative estimate of drug-likeness (QED) is 0.778. The first-order valence-corrected chi connectivity index (χ1v) is 8.10. The van der Waals surface area contributed by atoms with Crippen LogP contribution in [0.3, 0.4) is 0 Å². The Morgan fingerprint density at radius 1 is 1.48 bits per heavy atom. The van der Waals surface area contributed by atoms with E-state index in [2.05, 4.69) is 22.5 Å². The van der Waals surface area contributed by atoms with Crippen LogP contribution in [-0.4, -0.2) is 27.6 Å². The first kappa shape index (κ1) is 15.8. The summed E-state index contributed by atoms with van der Waals surface area (Å²) in [6.45, 7) is 2.48. The van der Waals surface area contributed by atoms with E-state index in [1.54, 1.807) is 11.7 Å². The fourth-order valence-electron chi connectivity index (χ4n) is 2.73. The van der Waals surface area contributed by atoms with Gasteiger partial charge in [-0.05, 0) is 31.6 Å². The van der Waals surface area contributed by atoms with Gasteiger partial charge in [-0.15, -0.1) is 11.3 Å². The lowest BCUT2D eigenvalue weighted by molar-refractivity contribution is -0.146. The first-order valence-electron chi connectivity index (χ1n) is 7.22. The molecule has 1 saturated carbocycles. The number of carboxylic acids is 1. The fourth-order valence-corrected chi connectivity index (χ4v) is 3.26. The van der Waals surface area contributed by atoms with Crippen molar-refractivity contribution >= 4 is 23.3 Å². The van der Waals surface area contributed by atoms with Crippen LogP contribution >= 0.6 is 11.3 Å². The van der Waals surface area contributed by atoms with Crippen LogP contribution in [0, 0.1) is 5.92 Å². The van der Waals surface area contributed by atoms with E-state index in [0.29, 0.717) is 25.3 Å². The van der Waals surface area contributed by atoms with Gasteiger partial charge in [0.15, 0.2) is 0 Å². The van der Waals surface area contributed by atoms with Crippen molar-refractivity contribution in [2.45, 2.75) is 51.1 Å². The summed E-state index contributed by atoms with van der Waals surface area (Å²) in [6, 6.07) is -0.430. The molecule has 1 heterocycles. The van der Waals surface area contributed by atoms with Crippen molar-refractivity contribution in [3.63, 3.8) is 0 Å². The van der Waals surface area contributed by atoms with Crippen LogP contribution < -0.4 is 10.6 Å². The smallest absolute Gasteiger partial charge is 0.329 e. The van der Waals surface area contributed by atoms with Gasteiger partial charge in [0.05, 0.1) is 12.1 Å². The van der Waals surface area contributed by atoms with E-state index in [9.17, 15) is 14.7 Å². The van der Waals surface area contributed by atoms with E-state index >= 15 is 0 Å². The van der Waals surface area contributed by atoms with E-state index in [1.807, 2.05) is 0 Å². The van der Waals surface area contributed by atoms with Gasteiger partial charge in [-0.1, -0.05) is 13.3 Å². The molecule has 0 spiro atoms. The molecular formula is C14H21N3O3S. The molecule has 0 saturated heterocycles. The predicted molar refractivity (Wildman–Crippen MR) is 80.1 cm³/mol. The van der Waals surface area contributed by atoms with Crippen molar-refractivity contribution in [3.05, 3.63) is 16.6 Å². The second-order valence-corrected chi connectivity index (χ2v) is 6.49.